The lowest BCUT2D eigenvalue weighted by Gasteiger charge is -2.26. The molecular formula is C10H11BrN6. The summed E-state index contributed by atoms with van der Waals surface area (Å²) in [7, 11) is 0. The van der Waals surface area contributed by atoms with E-state index in [1.165, 1.54) is 0 Å². The van der Waals surface area contributed by atoms with Crippen molar-refractivity contribution in [3.8, 4) is 0 Å². The van der Waals surface area contributed by atoms with Gasteiger partial charge in [-0.1, -0.05) is 15.9 Å². The summed E-state index contributed by atoms with van der Waals surface area (Å²) in [5, 5.41) is 8.75. The van der Waals surface area contributed by atoms with Gasteiger partial charge in [-0.05, 0) is 5.56 Å². The van der Waals surface area contributed by atoms with Crippen molar-refractivity contribution in [2.45, 2.75) is 18.4 Å². The van der Waals surface area contributed by atoms with Crippen LogP contribution in [0.5, 0.6) is 0 Å². The summed E-state index contributed by atoms with van der Waals surface area (Å²) in [6.07, 6.45) is 5.45. The number of nitrogens with zero attached hydrogens (tertiary/aromatic N) is 6. The van der Waals surface area contributed by atoms with E-state index < -0.39 is 0 Å². The quantitative estimate of drug-likeness (QED) is 0.773. The van der Waals surface area contributed by atoms with Crippen molar-refractivity contribution in [3.05, 3.63) is 30.1 Å². The molecule has 88 valence electrons. The number of anilines is 1. The van der Waals surface area contributed by atoms with Crippen LogP contribution in [0.2, 0.25) is 0 Å². The second kappa shape index (κ2) is 4.40. The molecule has 0 bridgehead atoms. The molecule has 0 spiro atoms. The molecule has 0 amide bonds. The van der Waals surface area contributed by atoms with Crippen molar-refractivity contribution in [2.24, 2.45) is 0 Å². The lowest BCUT2D eigenvalue weighted by atomic mass is 10.3. The fourth-order valence-corrected chi connectivity index (χ4v) is 2.11. The summed E-state index contributed by atoms with van der Waals surface area (Å²) in [4.78, 5) is 10.8. The third-order valence-corrected chi connectivity index (χ3v) is 3.42. The van der Waals surface area contributed by atoms with Crippen LogP contribution in [0.15, 0.2) is 18.7 Å². The third-order valence-electron chi connectivity index (χ3n) is 2.77. The molecule has 1 aliphatic heterocycles. The minimum atomic E-state index is 0.716. The number of aromatic nitrogens is 5. The van der Waals surface area contributed by atoms with Crippen LogP contribution in [0.4, 0.5) is 5.95 Å². The van der Waals surface area contributed by atoms with E-state index in [4.69, 9.17) is 0 Å². The molecule has 0 unspecified atom stereocenters. The van der Waals surface area contributed by atoms with Crippen molar-refractivity contribution in [1.29, 1.82) is 0 Å². The summed E-state index contributed by atoms with van der Waals surface area (Å²) in [5.41, 5.74) is 1.08. The number of rotatable bonds is 2. The zero-order valence-electron chi connectivity index (χ0n) is 9.12. The smallest absolute Gasteiger partial charge is 0.225 e. The molecule has 0 saturated carbocycles. The summed E-state index contributed by atoms with van der Waals surface area (Å²) < 4.78 is 2.06. The van der Waals surface area contributed by atoms with Gasteiger partial charge in [0.15, 0.2) is 5.82 Å². The van der Waals surface area contributed by atoms with Gasteiger partial charge < -0.3 is 9.47 Å². The zero-order valence-corrected chi connectivity index (χ0v) is 10.7. The number of fused-ring (bicyclic) bond motifs is 1. The Morgan fingerprint density at radius 1 is 1.24 bits per heavy atom. The molecule has 0 N–H and O–H groups in total. The molecule has 0 fully saturated rings. The minimum Gasteiger partial charge on any atom is -0.331 e. The topological polar surface area (TPSA) is 59.7 Å². The number of halogens is 1. The first-order valence-electron chi connectivity index (χ1n) is 5.35. The summed E-state index contributed by atoms with van der Waals surface area (Å²) in [6, 6.07) is 0. The van der Waals surface area contributed by atoms with Crippen molar-refractivity contribution >= 4 is 21.9 Å². The van der Waals surface area contributed by atoms with Crippen LogP contribution in [0.25, 0.3) is 0 Å². The Labute approximate surface area is 107 Å². The average Bonchev–Trinajstić information content (AvgIpc) is 2.86. The number of alkyl halides is 1. The Morgan fingerprint density at radius 3 is 2.82 bits per heavy atom. The molecule has 0 aliphatic carbocycles. The SMILES string of the molecule is BrCc1cnc(N2CCn3cnnc3C2)nc1. The summed E-state index contributed by atoms with van der Waals surface area (Å²) in [5.74, 6) is 1.72. The predicted octanol–water partition coefficient (Wildman–Crippen LogP) is 0.983. The maximum Gasteiger partial charge on any atom is 0.225 e. The molecule has 6 nitrogen and oxygen atoms in total. The van der Waals surface area contributed by atoms with Crippen LogP contribution in [0, 0.1) is 0 Å². The van der Waals surface area contributed by atoms with Crippen LogP contribution < -0.4 is 4.90 Å². The first kappa shape index (κ1) is 10.6. The van der Waals surface area contributed by atoms with Gasteiger partial charge in [0.25, 0.3) is 0 Å². The van der Waals surface area contributed by atoms with E-state index >= 15 is 0 Å². The predicted molar refractivity (Wildman–Crippen MR) is 65.7 cm³/mol. The van der Waals surface area contributed by atoms with Crippen LogP contribution >= 0.6 is 15.9 Å². The highest BCUT2D eigenvalue weighted by atomic mass is 79.9. The highest BCUT2D eigenvalue weighted by Crippen LogP contribution is 2.15. The summed E-state index contributed by atoms with van der Waals surface area (Å²) >= 11 is 3.38. The average molecular weight is 295 g/mol. The van der Waals surface area contributed by atoms with E-state index in [9.17, 15) is 0 Å². The van der Waals surface area contributed by atoms with Gasteiger partial charge in [-0.15, -0.1) is 10.2 Å². The van der Waals surface area contributed by atoms with E-state index in [1.807, 2.05) is 12.4 Å². The molecule has 1 aliphatic rings. The van der Waals surface area contributed by atoms with Gasteiger partial charge in [-0.3, -0.25) is 0 Å². The Bertz CT molecular complexity index is 508. The first-order chi connectivity index (χ1) is 8.36. The Kier molecular flexibility index (Phi) is 2.76. The molecule has 17 heavy (non-hydrogen) atoms. The monoisotopic (exact) mass is 294 g/mol. The van der Waals surface area contributed by atoms with Gasteiger partial charge in [-0.2, -0.15) is 0 Å². The van der Waals surface area contributed by atoms with Crippen molar-refractivity contribution in [3.63, 3.8) is 0 Å². The van der Waals surface area contributed by atoms with Crippen LogP contribution in [0.3, 0.4) is 0 Å². The first-order valence-corrected chi connectivity index (χ1v) is 6.47. The Morgan fingerprint density at radius 2 is 2.06 bits per heavy atom. The maximum atomic E-state index is 4.36. The van der Waals surface area contributed by atoms with Gasteiger partial charge in [0.05, 0.1) is 6.54 Å². The Hall–Kier alpha value is -1.50. The second-order valence-electron chi connectivity index (χ2n) is 3.89. The summed E-state index contributed by atoms with van der Waals surface area (Å²) in [6.45, 7) is 2.48. The van der Waals surface area contributed by atoms with E-state index in [0.29, 0.717) is 6.54 Å². The minimum absolute atomic E-state index is 0.716. The lowest BCUT2D eigenvalue weighted by molar-refractivity contribution is 0.551. The standard InChI is InChI=1S/C10H11BrN6/c11-3-8-4-12-10(13-5-8)16-1-2-17-7-14-15-9(17)6-16/h4-5,7H,1-3,6H2. The van der Waals surface area contributed by atoms with Crippen LogP contribution in [-0.4, -0.2) is 31.3 Å². The van der Waals surface area contributed by atoms with Gasteiger partial charge in [0.1, 0.15) is 6.33 Å². The van der Waals surface area contributed by atoms with Crippen molar-refractivity contribution < 1.29 is 0 Å². The van der Waals surface area contributed by atoms with Crippen molar-refractivity contribution in [2.75, 3.05) is 11.4 Å². The molecule has 2 aromatic rings. The maximum absolute atomic E-state index is 4.36. The van der Waals surface area contributed by atoms with E-state index in [2.05, 4.69) is 45.6 Å². The van der Waals surface area contributed by atoms with Gasteiger partial charge in [0, 0.05) is 30.8 Å². The van der Waals surface area contributed by atoms with Gasteiger partial charge >= 0.3 is 0 Å². The van der Waals surface area contributed by atoms with Crippen LogP contribution in [0.1, 0.15) is 11.4 Å². The highest BCUT2D eigenvalue weighted by molar-refractivity contribution is 9.08. The van der Waals surface area contributed by atoms with Gasteiger partial charge in [0.2, 0.25) is 5.95 Å². The van der Waals surface area contributed by atoms with Gasteiger partial charge in [-0.25, -0.2) is 9.97 Å². The van der Waals surface area contributed by atoms with E-state index in [1.54, 1.807) is 6.33 Å². The molecule has 7 heteroatoms. The highest BCUT2D eigenvalue weighted by Gasteiger charge is 2.19. The molecule has 3 heterocycles. The van der Waals surface area contributed by atoms with Crippen LogP contribution in [-0.2, 0) is 18.4 Å². The molecule has 0 aromatic carbocycles. The number of hydrogen-bond donors (Lipinski definition) is 0. The van der Waals surface area contributed by atoms with E-state index in [-0.39, 0.29) is 0 Å². The molecule has 0 saturated heterocycles. The molecular weight excluding hydrogens is 284 g/mol. The molecule has 0 atom stereocenters. The second-order valence-corrected chi connectivity index (χ2v) is 4.45. The van der Waals surface area contributed by atoms with E-state index in [0.717, 1.165) is 35.8 Å². The fraction of sp³-hybridized carbons (Fsp3) is 0.400. The lowest BCUT2D eigenvalue weighted by Crippen LogP contribution is -2.34. The normalized spacial score (nSPS) is 14.8. The largest absolute Gasteiger partial charge is 0.331 e. The van der Waals surface area contributed by atoms with Crippen molar-refractivity contribution in [1.82, 2.24) is 24.7 Å². The molecule has 0 radical (unpaired) electrons. The third kappa shape index (κ3) is 2.02. The zero-order chi connectivity index (χ0) is 11.7. The molecule has 2 aromatic heterocycles. The number of hydrogen-bond acceptors (Lipinski definition) is 5. The Balaban J connectivity index is 1.81. The molecule has 3 rings (SSSR count). The fourth-order valence-electron chi connectivity index (χ4n) is 1.82.